The highest BCUT2D eigenvalue weighted by Gasteiger charge is 2.17. The van der Waals surface area contributed by atoms with Gasteiger partial charge in [0.25, 0.3) is 5.91 Å². The average Bonchev–Trinajstić information content (AvgIpc) is 2.72. The minimum Gasteiger partial charge on any atom is -0.494 e. The molecule has 1 heterocycles. The van der Waals surface area contributed by atoms with E-state index in [0.717, 1.165) is 36.7 Å². The summed E-state index contributed by atoms with van der Waals surface area (Å²) in [4.78, 5) is 15.0. The highest BCUT2D eigenvalue weighted by atomic mass is 16.5. The smallest absolute Gasteiger partial charge is 0.251 e. The van der Waals surface area contributed by atoms with Gasteiger partial charge in [0.05, 0.1) is 12.6 Å². The van der Waals surface area contributed by atoms with Gasteiger partial charge in [0.1, 0.15) is 5.75 Å². The molecule has 0 unspecified atom stereocenters. The number of rotatable bonds is 7. The second-order valence-corrected chi connectivity index (χ2v) is 7.85. The Morgan fingerprint density at radius 2 is 1.89 bits per heavy atom. The van der Waals surface area contributed by atoms with Crippen molar-refractivity contribution in [1.29, 1.82) is 0 Å². The molecule has 3 rings (SSSR count). The Kier molecular flexibility index (Phi) is 6.96. The number of ether oxygens (including phenoxy) is 1. The van der Waals surface area contributed by atoms with Crippen molar-refractivity contribution >= 4 is 11.6 Å². The molecule has 1 fully saturated rings. The molecule has 0 spiro atoms. The number of piperidine rings is 1. The number of nitrogens with zero attached hydrogens (tertiary/aromatic N) is 1. The number of anilines is 1. The van der Waals surface area contributed by atoms with Crippen molar-refractivity contribution in [3.63, 3.8) is 0 Å². The standard InChI is InChI=1S/C24H32N2O2/c1-4-16-28-23-13-9-21(10-14-23)24(27)25-19(3)20-7-11-22(12-8-20)26-15-5-6-18(2)17-26/h7-14,18-19H,4-6,15-17H2,1-3H3,(H,25,27)/t18-,19-/m1/s1. The van der Waals surface area contributed by atoms with Gasteiger partial charge < -0.3 is 15.0 Å². The number of carbonyl (C=O) groups excluding carboxylic acids is 1. The highest BCUT2D eigenvalue weighted by molar-refractivity contribution is 5.94. The van der Waals surface area contributed by atoms with Gasteiger partial charge in [0.15, 0.2) is 0 Å². The van der Waals surface area contributed by atoms with Crippen molar-refractivity contribution in [2.45, 2.75) is 46.1 Å². The second kappa shape index (κ2) is 9.63. The largest absolute Gasteiger partial charge is 0.494 e. The number of carbonyl (C=O) groups is 1. The maximum Gasteiger partial charge on any atom is 0.251 e. The van der Waals surface area contributed by atoms with Gasteiger partial charge in [-0.05, 0) is 74.1 Å². The molecule has 1 saturated heterocycles. The molecule has 2 aromatic rings. The van der Waals surface area contributed by atoms with Crippen LogP contribution in [0.25, 0.3) is 0 Å². The monoisotopic (exact) mass is 380 g/mol. The molecule has 1 aliphatic heterocycles. The van der Waals surface area contributed by atoms with Gasteiger partial charge in [-0.2, -0.15) is 0 Å². The molecular weight excluding hydrogens is 348 g/mol. The van der Waals surface area contributed by atoms with Crippen LogP contribution in [0.3, 0.4) is 0 Å². The Hall–Kier alpha value is -2.49. The van der Waals surface area contributed by atoms with E-state index in [0.29, 0.717) is 12.2 Å². The van der Waals surface area contributed by atoms with E-state index in [1.54, 1.807) is 0 Å². The summed E-state index contributed by atoms with van der Waals surface area (Å²) in [5, 5.41) is 3.09. The molecule has 4 heteroatoms. The van der Waals surface area contributed by atoms with Gasteiger partial charge in [-0.15, -0.1) is 0 Å². The third kappa shape index (κ3) is 5.28. The maximum absolute atomic E-state index is 12.5. The van der Waals surface area contributed by atoms with Crippen LogP contribution in [0.4, 0.5) is 5.69 Å². The lowest BCUT2D eigenvalue weighted by molar-refractivity contribution is 0.0940. The van der Waals surface area contributed by atoms with Crippen LogP contribution >= 0.6 is 0 Å². The molecule has 150 valence electrons. The zero-order valence-electron chi connectivity index (χ0n) is 17.3. The Bertz CT molecular complexity index is 755. The SMILES string of the molecule is CCCOc1ccc(C(=O)N[C@H](C)c2ccc(N3CCC[C@@H](C)C3)cc2)cc1. The van der Waals surface area contributed by atoms with Crippen molar-refractivity contribution in [1.82, 2.24) is 5.32 Å². The van der Waals surface area contributed by atoms with Crippen LogP contribution < -0.4 is 15.0 Å². The fraction of sp³-hybridized carbons (Fsp3) is 0.458. The van der Waals surface area contributed by atoms with Gasteiger partial charge in [-0.1, -0.05) is 26.0 Å². The van der Waals surface area contributed by atoms with Gasteiger partial charge in [-0.25, -0.2) is 0 Å². The predicted octanol–water partition coefficient (Wildman–Crippen LogP) is 5.20. The quantitative estimate of drug-likeness (QED) is 0.717. The lowest BCUT2D eigenvalue weighted by atomic mass is 9.99. The lowest BCUT2D eigenvalue weighted by Crippen LogP contribution is -2.34. The summed E-state index contributed by atoms with van der Waals surface area (Å²) < 4.78 is 5.57. The average molecular weight is 381 g/mol. The predicted molar refractivity (Wildman–Crippen MR) is 115 cm³/mol. The second-order valence-electron chi connectivity index (χ2n) is 7.85. The third-order valence-electron chi connectivity index (χ3n) is 5.35. The first kappa shape index (κ1) is 20.2. The van der Waals surface area contributed by atoms with Crippen LogP contribution in [-0.2, 0) is 0 Å². The fourth-order valence-corrected chi connectivity index (χ4v) is 3.68. The number of benzene rings is 2. The van der Waals surface area contributed by atoms with E-state index in [-0.39, 0.29) is 11.9 Å². The number of amides is 1. The molecule has 0 saturated carbocycles. The number of hydrogen-bond donors (Lipinski definition) is 1. The first-order valence-electron chi connectivity index (χ1n) is 10.5. The Labute approximate surface area is 168 Å². The molecule has 28 heavy (non-hydrogen) atoms. The van der Waals surface area contributed by atoms with Crippen LogP contribution in [0.2, 0.25) is 0 Å². The Balaban J connectivity index is 1.57. The normalized spacial score (nSPS) is 17.8. The number of hydrogen-bond acceptors (Lipinski definition) is 3. The van der Waals surface area contributed by atoms with Gasteiger partial charge in [0, 0.05) is 24.3 Å². The van der Waals surface area contributed by atoms with E-state index < -0.39 is 0 Å². The topological polar surface area (TPSA) is 41.6 Å². The first-order chi connectivity index (χ1) is 13.6. The van der Waals surface area contributed by atoms with Crippen LogP contribution in [0.15, 0.2) is 48.5 Å². The summed E-state index contributed by atoms with van der Waals surface area (Å²) in [5.74, 6) is 1.49. The first-order valence-corrected chi connectivity index (χ1v) is 10.5. The van der Waals surface area contributed by atoms with E-state index in [1.165, 1.54) is 18.5 Å². The lowest BCUT2D eigenvalue weighted by Gasteiger charge is -2.33. The Morgan fingerprint density at radius 1 is 1.18 bits per heavy atom. The van der Waals surface area contributed by atoms with Crippen LogP contribution in [-0.4, -0.2) is 25.6 Å². The van der Waals surface area contributed by atoms with E-state index in [9.17, 15) is 4.79 Å². The summed E-state index contributed by atoms with van der Waals surface area (Å²) in [6.07, 6.45) is 3.55. The molecule has 1 N–H and O–H groups in total. The summed E-state index contributed by atoms with van der Waals surface area (Å²) >= 11 is 0. The fourth-order valence-electron chi connectivity index (χ4n) is 3.68. The molecule has 1 amide bonds. The van der Waals surface area contributed by atoms with Crippen molar-refractivity contribution in [3.8, 4) is 5.75 Å². The summed E-state index contributed by atoms with van der Waals surface area (Å²) in [6, 6.07) is 15.9. The van der Waals surface area contributed by atoms with Crippen LogP contribution in [0.5, 0.6) is 5.75 Å². The highest BCUT2D eigenvalue weighted by Crippen LogP contribution is 2.25. The molecule has 2 atom stereocenters. The van der Waals surface area contributed by atoms with Crippen molar-refractivity contribution < 1.29 is 9.53 Å². The Morgan fingerprint density at radius 3 is 2.54 bits per heavy atom. The molecule has 0 radical (unpaired) electrons. The molecule has 1 aliphatic rings. The zero-order valence-corrected chi connectivity index (χ0v) is 17.3. The van der Waals surface area contributed by atoms with Gasteiger partial charge >= 0.3 is 0 Å². The van der Waals surface area contributed by atoms with Crippen molar-refractivity contribution in [2.24, 2.45) is 5.92 Å². The van der Waals surface area contributed by atoms with E-state index in [4.69, 9.17) is 4.74 Å². The molecular formula is C24H32N2O2. The van der Waals surface area contributed by atoms with Gasteiger partial charge in [0.2, 0.25) is 0 Å². The van der Waals surface area contributed by atoms with Crippen molar-refractivity contribution in [3.05, 3.63) is 59.7 Å². The van der Waals surface area contributed by atoms with Crippen LogP contribution in [0, 0.1) is 5.92 Å². The molecule has 0 aliphatic carbocycles. The van der Waals surface area contributed by atoms with E-state index in [2.05, 4.69) is 48.3 Å². The maximum atomic E-state index is 12.5. The minimum absolute atomic E-state index is 0.0437. The molecule has 2 aromatic carbocycles. The summed E-state index contributed by atoms with van der Waals surface area (Å²) in [7, 11) is 0. The van der Waals surface area contributed by atoms with Crippen molar-refractivity contribution in [2.75, 3.05) is 24.6 Å². The van der Waals surface area contributed by atoms with E-state index in [1.807, 2.05) is 31.2 Å². The van der Waals surface area contributed by atoms with Crippen LogP contribution in [0.1, 0.15) is 62.0 Å². The van der Waals surface area contributed by atoms with Gasteiger partial charge in [-0.3, -0.25) is 4.79 Å². The summed E-state index contributed by atoms with van der Waals surface area (Å²) in [6.45, 7) is 9.37. The minimum atomic E-state index is -0.0662. The number of nitrogens with one attached hydrogen (secondary N) is 1. The molecule has 0 aromatic heterocycles. The third-order valence-corrected chi connectivity index (χ3v) is 5.35. The summed E-state index contributed by atoms with van der Waals surface area (Å²) in [5.41, 5.74) is 3.04. The molecule has 4 nitrogen and oxygen atoms in total. The zero-order chi connectivity index (χ0) is 19.9. The van der Waals surface area contributed by atoms with E-state index >= 15 is 0 Å². The molecule has 0 bridgehead atoms.